The molecule has 8 rings (SSSR count). The number of halogens is 6. The van der Waals surface area contributed by atoms with Crippen LogP contribution >= 0.6 is 0 Å². The molecule has 0 bridgehead atoms. The molecule has 0 radical (unpaired) electrons. The number of hydrogen-bond donors (Lipinski definition) is 5. The maximum Gasteiger partial charge on any atom is 0.418 e. The summed E-state index contributed by atoms with van der Waals surface area (Å²) in [5.41, 5.74) is 13.1. The molecular formula is C43H37F6N11O3. The molecule has 63 heavy (non-hydrogen) atoms. The molecule has 2 aliphatic heterocycles. The monoisotopic (exact) mass is 869 g/mol. The van der Waals surface area contributed by atoms with E-state index in [2.05, 4.69) is 45.9 Å². The van der Waals surface area contributed by atoms with Crippen LogP contribution in [0.15, 0.2) is 107 Å². The van der Waals surface area contributed by atoms with E-state index >= 15 is 0 Å². The lowest BCUT2D eigenvalue weighted by molar-refractivity contribution is -0.163. The van der Waals surface area contributed by atoms with Crippen molar-refractivity contribution in [2.24, 2.45) is 21.6 Å². The van der Waals surface area contributed by atoms with Gasteiger partial charge in [-0.3, -0.25) is 24.5 Å². The second kappa shape index (κ2) is 17.0. The Morgan fingerprint density at radius 3 is 2.33 bits per heavy atom. The third kappa shape index (κ3) is 9.12. The molecule has 1 aliphatic carbocycles. The van der Waals surface area contributed by atoms with Crippen molar-refractivity contribution < 1.29 is 40.7 Å². The van der Waals surface area contributed by atoms with Crippen LogP contribution in [0, 0.1) is 5.92 Å². The molecule has 4 atom stereocenters. The summed E-state index contributed by atoms with van der Waals surface area (Å²) in [5.74, 6) is -5.35. The van der Waals surface area contributed by atoms with E-state index in [0.717, 1.165) is 12.1 Å². The lowest BCUT2D eigenvalue weighted by Gasteiger charge is -2.32. The first-order chi connectivity index (χ1) is 30.0. The number of aromatic nitrogens is 4. The van der Waals surface area contributed by atoms with Crippen LogP contribution in [0.2, 0.25) is 0 Å². The fraction of sp³-hybridized carbons (Fsp3) is 0.256. The molecule has 324 valence electrons. The highest BCUT2D eigenvalue weighted by Gasteiger charge is 2.48. The van der Waals surface area contributed by atoms with Crippen molar-refractivity contribution in [2.75, 3.05) is 25.9 Å². The average molecular weight is 870 g/mol. The molecule has 14 nitrogen and oxygen atoms in total. The van der Waals surface area contributed by atoms with Gasteiger partial charge in [0, 0.05) is 42.8 Å². The summed E-state index contributed by atoms with van der Waals surface area (Å²) < 4.78 is 92.0. The zero-order valence-electron chi connectivity index (χ0n) is 33.1. The van der Waals surface area contributed by atoms with E-state index in [-0.39, 0.29) is 59.1 Å². The molecule has 2 aromatic heterocycles. The number of benzene rings is 3. The largest absolute Gasteiger partial charge is 0.418 e. The van der Waals surface area contributed by atoms with Gasteiger partial charge in [0.2, 0.25) is 11.7 Å². The summed E-state index contributed by atoms with van der Waals surface area (Å²) >= 11 is 0. The van der Waals surface area contributed by atoms with E-state index in [1.165, 1.54) is 24.5 Å². The highest BCUT2D eigenvalue weighted by molar-refractivity contribution is 6.41. The molecule has 7 N–H and O–H groups in total. The smallest absolute Gasteiger partial charge is 0.383 e. The van der Waals surface area contributed by atoms with E-state index in [0.29, 0.717) is 40.9 Å². The number of allylic oxidation sites excluding steroid dienone is 2. The number of ether oxygens (including phenoxy) is 1. The van der Waals surface area contributed by atoms with Gasteiger partial charge in [-0.15, -0.1) is 0 Å². The van der Waals surface area contributed by atoms with Gasteiger partial charge < -0.3 is 32.2 Å². The number of amidine groups is 2. The molecule has 20 heteroatoms. The van der Waals surface area contributed by atoms with Crippen LogP contribution in [0.25, 0.3) is 38.9 Å². The molecule has 3 aliphatic rings. The summed E-state index contributed by atoms with van der Waals surface area (Å²) in [5, 5.41) is 8.28. The van der Waals surface area contributed by atoms with Gasteiger partial charge in [-0.1, -0.05) is 54.6 Å². The lowest BCUT2D eigenvalue weighted by atomic mass is 9.82. The number of carbonyl (C=O) groups is 2. The van der Waals surface area contributed by atoms with Crippen molar-refractivity contribution in [3.05, 3.63) is 119 Å². The van der Waals surface area contributed by atoms with E-state index in [1.807, 2.05) is 0 Å². The fourth-order valence-electron chi connectivity index (χ4n) is 7.54. The predicted octanol–water partition coefficient (Wildman–Crippen LogP) is 5.42. The second-order valence-electron chi connectivity index (χ2n) is 15.0. The maximum absolute atomic E-state index is 14.6. The number of aliphatic imine (C=N–C) groups is 2. The number of methoxy groups -OCH3 is 1. The van der Waals surface area contributed by atoms with Gasteiger partial charge in [0.15, 0.2) is 0 Å². The maximum atomic E-state index is 14.6. The fourth-order valence-corrected chi connectivity index (χ4v) is 7.54. The first kappa shape index (κ1) is 42.6. The molecule has 0 saturated carbocycles. The topological polar surface area (TPSA) is 208 Å². The molecule has 2 amide bonds. The van der Waals surface area contributed by atoms with Crippen LogP contribution in [-0.2, 0) is 22.3 Å². The average Bonchev–Trinajstić information content (AvgIpc) is 3.75. The number of fused-ring (bicyclic) bond motifs is 2. The van der Waals surface area contributed by atoms with Crippen molar-refractivity contribution in [3.8, 4) is 22.4 Å². The molecule has 3 aromatic carbocycles. The van der Waals surface area contributed by atoms with Gasteiger partial charge in [0.25, 0.3) is 11.8 Å². The Balaban J connectivity index is 0.969. The van der Waals surface area contributed by atoms with Gasteiger partial charge in [-0.2, -0.15) is 26.3 Å². The number of hydrogen-bond acceptors (Lipinski definition) is 12. The molecule has 0 spiro atoms. The first-order valence-electron chi connectivity index (χ1n) is 19.5. The molecule has 5 aromatic rings. The van der Waals surface area contributed by atoms with Crippen LogP contribution < -0.4 is 27.4 Å². The minimum atomic E-state index is -4.88. The zero-order chi connectivity index (χ0) is 44.6. The molecule has 4 heterocycles. The molecule has 2 unspecified atom stereocenters. The van der Waals surface area contributed by atoms with Crippen molar-refractivity contribution in [2.45, 2.75) is 43.5 Å². The normalized spacial score (nSPS) is 20.0. The van der Waals surface area contributed by atoms with Crippen LogP contribution in [0.5, 0.6) is 0 Å². The first-order valence-corrected chi connectivity index (χ1v) is 19.5. The molecule has 1 fully saturated rings. The van der Waals surface area contributed by atoms with Gasteiger partial charge in [-0.05, 0) is 53.0 Å². The number of amides is 2. The highest BCUT2D eigenvalue weighted by Crippen LogP contribution is 2.42. The summed E-state index contributed by atoms with van der Waals surface area (Å²) in [6.07, 6.45) is -3.68. The Kier molecular flexibility index (Phi) is 11.5. The summed E-state index contributed by atoms with van der Waals surface area (Å²) in [6, 6.07) is 15.7. The van der Waals surface area contributed by atoms with Crippen LogP contribution in [0.3, 0.4) is 0 Å². The molecule has 1 saturated heterocycles. The van der Waals surface area contributed by atoms with Gasteiger partial charge in [0.05, 0.1) is 53.6 Å². The SMILES string of the molecule is CO[C@@H]1CN[C@H](CNC(=O)c2nc(N)c3cc(-c4cccc(-c5cnc(CNC(=O)C6=NC7C(=CC(c8ccccc8)=CC7C(F)(F)F)C(N)=N6)cn5)c4)cc(C(F)(F)F)c3n2)C1. The van der Waals surface area contributed by atoms with Gasteiger partial charge in [0.1, 0.15) is 17.6 Å². The summed E-state index contributed by atoms with van der Waals surface area (Å²) in [4.78, 5) is 51.0. The number of nitrogens with two attached hydrogens (primary N) is 2. The van der Waals surface area contributed by atoms with Crippen molar-refractivity contribution >= 4 is 45.8 Å². The van der Waals surface area contributed by atoms with E-state index in [1.54, 1.807) is 61.7 Å². The minimum absolute atomic E-state index is 0.0201. The van der Waals surface area contributed by atoms with Crippen molar-refractivity contribution in [1.82, 2.24) is 35.9 Å². The van der Waals surface area contributed by atoms with Gasteiger partial charge in [-0.25, -0.2) is 15.0 Å². The number of rotatable bonds is 10. The van der Waals surface area contributed by atoms with Crippen LogP contribution in [-0.4, -0.2) is 88.0 Å². The van der Waals surface area contributed by atoms with E-state index in [9.17, 15) is 35.9 Å². The Hall–Kier alpha value is -7.06. The third-order valence-electron chi connectivity index (χ3n) is 10.8. The van der Waals surface area contributed by atoms with Gasteiger partial charge >= 0.3 is 12.4 Å². The number of nitrogens with zero attached hydrogens (tertiary/aromatic N) is 6. The summed E-state index contributed by atoms with van der Waals surface area (Å²) in [6.45, 7) is 0.574. The highest BCUT2D eigenvalue weighted by atomic mass is 19.4. The van der Waals surface area contributed by atoms with E-state index < -0.39 is 58.9 Å². The Bertz CT molecular complexity index is 2720. The van der Waals surface area contributed by atoms with E-state index in [4.69, 9.17) is 16.2 Å². The van der Waals surface area contributed by atoms with Crippen molar-refractivity contribution in [3.63, 3.8) is 0 Å². The predicted molar refractivity (Wildman–Crippen MR) is 222 cm³/mol. The number of nitrogen functional groups attached to an aromatic ring is 1. The Morgan fingerprint density at radius 1 is 0.873 bits per heavy atom. The lowest BCUT2D eigenvalue weighted by Crippen LogP contribution is -2.43. The van der Waals surface area contributed by atoms with Crippen LogP contribution in [0.1, 0.15) is 33.9 Å². The number of carbonyl (C=O) groups excluding carboxylic acids is 2. The number of anilines is 1. The second-order valence-corrected chi connectivity index (χ2v) is 15.0. The standard InChI is InChI=1S/C43H37F6N11O3/c1-63-28-15-26(52-19-28)16-55-40(61)38-58-35-30(37(51)60-38)12-25(14-32(35)43(47,48)49)22-8-5-9-23(10-22)33-20-53-27(17-54-33)18-56-41(62)39-57-34-29(36(50)59-39)11-24(13-31(34)42(44,45)46)21-6-3-2-4-7-21/h2-14,17,20,26,28,31,34,52H,15-16,18-19H2,1H3,(H,55,61)(H,56,62)(H2,50,57,59)(H2,51,58,60)/t26-,28-,31?,34?/m0/s1. The van der Waals surface area contributed by atoms with Crippen molar-refractivity contribution in [1.29, 1.82) is 0 Å². The zero-order valence-corrected chi connectivity index (χ0v) is 33.1. The summed E-state index contributed by atoms with van der Waals surface area (Å²) in [7, 11) is 1.58. The number of alkyl halides is 6. The third-order valence-corrected chi connectivity index (χ3v) is 10.8. The quantitative estimate of drug-likeness (QED) is 0.113. The Morgan fingerprint density at radius 2 is 1.63 bits per heavy atom. The Labute approximate surface area is 354 Å². The minimum Gasteiger partial charge on any atom is -0.383 e. The molecular weight excluding hydrogens is 833 g/mol. The number of nitrogens with one attached hydrogen (secondary N) is 3. The van der Waals surface area contributed by atoms with Crippen LogP contribution in [0.4, 0.5) is 32.2 Å².